The van der Waals surface area contributed by atoms with Crippen molar-refractivity contribution in [1.82, 2.24) is 0 Å². The lowest BCUT2D eigenvalue weighted by Gasteiger charge is -2.04. The monoisotopic (exact) mass is 228 g/mol. The first-order chi connectivity index (χ1) is 5.81. The first-order valence-electron chi connectivity index (χ1n) is 3.80. The molecule has 1 heterocycles. The van der Waals surface area contributed by atoms with E-state index in [-0.39, 0.29) is 0 Å². The molecule has 2 nitrogen and oxygen atoms in total. The lowest BCUT2D eigenvalue weighted by Crippen LogP contribution is -1.86. The van der Waals surface area contributed by atoms with Crippen LogP contribution >= 0.6 is 15.9 Å². The van der Waals surface area contributed by atoms with Crippen LogP contribution in [-0.4, -0.2) is 13.7 Å². The van der Waals surface area contributed by atoms with Crippen LogP contribution in [0.4, 0.5) is 0 Å². The standard InChI is InChI=1S/C9H9BrO2/c1-11-7-4-6-2-3-12-9(6)8(10)5-7/h4-5H,2-3H2,1H3. The van der Waals surface area contributed by atoms with Crippen LogP contribution in [0.25, 0.3) is 0 Å². The predicted molar refractivity (Wildman–Crippen MR) is 49.9 cm³/mol. The van der Waals surface area contributed by atoms with Crippen LogP contribution < -0.4 is 9.47 Å². The minimum atomic E-state index is 0.779. The van der Waals surface area contributed by atoms with Gasteiger partial charge in [-0.1, -0.05) is 0 Å². The van der Waals surface area contributed by atoms with E-state index in [1.807, 2.05) is 12.1 Å². The molecule has 0 aromatic heterocycles. The number of methoxy groups -OCH3 is 1. The molecule has 1 aliphatic rings. The van der Waals surface area contributed by atoms with Crippen molar-refractivity contribution in [2.45, 2.75) is 6.42 Å². The third kappa shape index (κ3) is 1.18. The zero-order valence-corrected chi connectivity index (χ0v) is 8.35. The van der Waals surface area contributed by atoms with E-state index in [1.165, 1.54) is 5.56 Å². The summed E-state index contributed by atoms with van der Waals surface area (Å²) in [7, 11) is 1.67. The highest BCUT2D eigenvalue weighted by Crippen LogP contribution is 2.36. The second-order valence-corrected chi connectivity index (χ2v) is 3.55. The van der Waals surface area contributed by atoms with Crippen LogP contribution in [0.15, 0.2) is 16.6 Å². The van der Waals surface area contributed by atoms with Crippen LogP contribution in [0.1, 0.15) is 5.56 Å². The third-order valence-corrected chi connectivity index (χ3v) is 2.54. The first-order valence-corrected chi connectivity index (χ1v) is 4.60. The zero-order chi connectivity index (χ0) is 8.55. The van der Waals surface area contributed by atoms with E-state index in [9.17, 15) is 0 Å². The van der Waals surface area contributed by atoms with E-state index in [0.717, 1.165) is 29.0 Å². The number of benzene rings is 1. The van der Waals surface area contributed by atoms with E-state index in [0.29, 0.717) is 0 Å². The second kappa shape index (κ2) is 2.98. The Morgan fingerprint density at radius 1 is 1.50 bits per heavy atom. The summed E-state index contributed by atoms with van der Waals surface area (Å²) in [6, 6.07) is 3.94. The summed E-state index contributed by atoms with van der Waals surface area (Å²) in [6.07, 6.45) is 0.977. The van der Waals surface area contributed by atoms with Crippen LogP contribution in [0, 0.1) is 0 Å². The largest absolute Gasteiger partial charge is 0.497 e. The molecular formula is C9H9BrO2. The summed E-state index contributed by atoms with van der Waals surface area (Å²) in [5.74, 6) is 1.85. The van der Waals surface area contributed by atoms with Gasteiger partial charge in [-0.05, 0) is 28.1 Å². The Morgan fingerprint density at radius 2 is 2.33 bits per heavy atom. The number of hydrogen-bond donors (Lipinski definition) is 0. The smallest absolute Gasteiger partial charge is 0.137 e. The van der Waals surface area contributed by atoms with Gasteiger partial charge in [0.2, 0.25) is 0 Å². The predicted octanol–water partition coefficient (Wildman–Crippen LogP) is 2.39. The molecule has 3 heteroatoms. The molecule has 0 bridgehead atoms. The van der Waals surface area contributed by atoms with Gasteiger partial charge in [0, 0.05) is 12.0 Å². The number of hydrogen-bond acceptors (Lipinski definition) is 2. The van der Waals surface area contributed by atoms with Crippen LogP contribution in [-0.2, 0) is 6.42 Å². The van der Waals surface area contributed by atoms with Crippen LogP contribution in [0.2, 0.25) is 0 Å². The molecule has 12 heavy (non-hydrogen) atoms. The molecule has 64 valence electrons. The van der Waals surface area contributed by atoms with E-state index in [1.54, 1.807) is 7.11 Å². The molecule has 0 aliphatic carbocycles. The van der Waals surface area contributed by atoms with Crippen molar-refractivity contribution in [1.29, 1.82) is 0 Å². The molecule has 0 amide bonds. The number of rotatable bonds is 1. The molecule has 0 N–H and O–H groups in total. The van der Waals surface area contributed by atoms with Gasteiger partial charge in [-0.2, -0.15) is 0 Å². The summed E-state index contributed by atoms with van der Waals surface area (Å²) in [5.41, 5.74) is 1.22. The van der Waals surface area contributed by atoms with Gasteiger partial charge in [0.15, 0.2) is 0 Å². The molecule has 2 rings (SSSR count). The average Bonchev–Trinajstić information content (AvgIpc) is 2.52. The Kier molecular flexibility index (Phi) is 1.97. The summed E-state index contributed by atoms with van der Waals surface area (Å²) in [5, 5.41) is 0. The minimum Gasteiger partial charge on any atom is -0.497 e. The summed E-state index contributed by atoms with van der Waals surface area (Å²) in [6.45, 7) is 0.779. The highest BCUT2D eigenvalue weighted by molar-refractivity contribution is 9.10. The van der Waals surface area contributed by atoms with Gasteiger partial charge in [0.1, 0.15) is 11.5 Å². The summed E-state index contributed by atoms with van der Waals surface area (Å²) in [4.78, 5) is 0. The van der Waals surface area contributed by atoms with Crippen molar-refractivity contribution in [3.8, 4) is 11.5 Å². The van der Waals surface area contributed by atoms with E-state index >= 15 is 0 Å². The van der Waals surface area contributed by atoms with E-state index < -0.39 is 0 Å². The van der Waals surface area contributed by atoms with Gasteiger partial charge in [-0.3, -0.25) is 0 Å². The fourth-order valence-electron chi connectivity index (χ4n) is 1.35. The molecule has 1 aromatic rings. The Labute approximate surface area is 79.6 Å². The molecule has 0 radical (unpaired) electrons. The quantitative estimate of drug-likeness (QED) is 0.736. The number of fused-ring (bicyclic) bond motifs is 1. The highest BCUT2D eigenvalue weighted by Gasteiger charge is 2.16. The fourth-order valence-corrected chi connectivity index (χ4v) is 1.95. The minimum absolute atomic E-state index is 0.779. The molecular weight excluding hydrogens is 220 g/mol. The Balaban J connectivity index is 2.51. The SMILES string of the molecule is COc1cc(Br)c2c(c1)CCO2. The maximum absolute atomic E-state index is 5.43. The van der Waals surface area contributed by atoms with Crippen molar-refractivity contribution in [3.05, 3.63) is 22.2 Å². The zero-order valence-electron chi connectivity index (χ0n) is 6.76. The van der Waals surface area contributed by atoms with Crippen molar-refractivity contribution in [2.24, 2.45) is 0 Å². The molecule has 0 atom stereocenters. The number of halogens is 1. The molecule has 1 aromatic carbocycles. The maximum atomic E-state index is 5.43. The normalized spacial score (nSPS) is 13.8. The van der Waals surface area contributed by atoms with Crippen molar-refractivity contribution in [2.75, 3.05) is 13.7 Å². The third-order valence-electron chi connectivity index (χ3n) is 1.95. The van der Waals surface area contributed by atoms with Gasteiger partial charge in [0.25, 0.3) is 0 Å². The number of ether oxygens (including phenoxy) is 2. The topological polar surface area (TPSA) is 18.5 Å². The van der Waals surface area contributed by atoms with Crippen molar-refractivity contribution < 1.29 is 9.47 Å². The van der Waals surface area contributed by atoms with Crippen molar-refractivity contribution in [3.63, 3.8) is 0 Å². The van der Waals surface area contributed by atoms with Gasteiger partial charge in [-0.25, -0.2) is 0 Å². The van der Waals surface area contributed by atoms with Crippen LogP contribution in [0.3, 0.4) is 0 Å². The first kappa shape index (κ1) is 7.92. The summed E-state index contributed by atoms with van der Waals surface area (Å²) >= 11 is 3.43. The highest BCUT2D eigenvalue weighted by atomic mass is 79.9. The van der Waals surface area contributed by atoms with Crippen LogP contribution in [0.5, 0.6) is 11.5 Å². The lowest BCUT2D eigenvalue weighted by atomic mass is 10.2. The van der Waals surface area contributed by atoms with Crippen molar-refractivity contribution >= 4 is 15.9 Å². The molecule has 0 spiro atoms. The maximum Gasteiger partial charge on any atom is 0.137 e. The van der Waals surface area contributed by atoms with E-state index in [2.05, 4.69) is 15.9 Å². The Bertz CT molecular complexity index is 310. The van der Waals surface area contributed by atoms with Gasteiger partial charge in [0.05, 0.1) is 18.2 Å². The fraction of sp³-hybridized carbons (Fsp3) is 0.333. The molecule has 0 saturated heterocycles. The molecule has 0 fully saturated rings. The second-order valence-electron chi connectivity index (χ2n) is 2.70. The van der Waals surface area contributed by atoms with E-state index in [4.69, 9.17) is 9.47 Å². The molecule has 0 saturated carbocycles. The molecule has 1 aliphatic heterocycles. The summed E-state index contributed by atoms with van der Waals surface area (Å²) < 4.78 is 11.5. The van der Waals surface area contributed by atoms with Gasteiger partial charge < -0.3 is 9.47 Å². The lowest BCUT2D eigenvalue weighted by molar-refractivity contribution is 0.354. The molecule has 0 unspecified atom stereocenters. The Hall–Kier alpha value is -0.700. The van der Waals surface area contributed by atoms with Gasteiger partial charge in [-0.15, -0.1) is 0 Å². The van der Waals surface area contributed by atoms with Gasteiger partial charge >= 0.3 is 0 Å². The Morgan fingerprint density at radius 3 is 3.08 bits per heavy atom. The average molecular weight is 229 g/mol.